The highest BCUT2D eigenvalue weighted by Crippen LogP contribution is 2.25. The number of nitrogens with zero attached hydrogens (tertiary/aromatic N) is 1. The lowest BCUT2D eigenvalue weighted by atomic mass is 9.86. The molecule has 0 aromatic carbocycles. The first-order chi connectivity index (χ1) is 7.02. The van der Waals surface area contributed by atoms with Crippen molar-refractivity contribution in [2.75, 3.05) is 0 Å². The molecule has 0 atom stereocenters. The first-order valence-corrected chi connectivity index (χ1v) is 4.76. The number of carbonyl (C=O) groups is 2. The topological polar surface area (TPSA) is 47.0 Å². The van der Waals surface area contributed by atoms with E-state index in [9.17, 15) is 9.59 Å². The Kier molecular flexibility index (Phi) is 2.03. The number of allylic oxidation sites excluding steroid dienone is 2. The first kappa shape index (κ1) is 9.77. The summed E-state index contributed by atoms with van der Waals surface area (Å²) >= 11 is 0. The van der Waals surface area contributed by atoms with Gasteiger partial charge < -0.3 is 0 Å². The molecule has 2 rings (SSSR count). The average molecular weight is 201 g/mol. The maximum atomic E-state index is 11.9. The SMILES string of the molecule is CC1=C(C)C(=O)c2cc(C)ncc2C1=O. The second-order valence-electron chi connectivity index (χ2n) is 3.78. The molecule has 1 aliphatic carbocycles. The van der Waals surface area contributed by atoms with Gasteiger partial charge in [-0.1, -0.05) is 0 Å². The van der Waals surface area contributed by atoms with Gasteiger partial charge in [-0.15, -0.1) is 0 Å². The third kappa shape index (κ3) is 1.31. The smallest absolute Gasteiger partial charge is 0.191 e. The molecule has 1 heterocycles. The molecule has 0 radical (unpaired) electrons. The van der Waals surface area contributed by atoms with Crippen LogP contribution in [0.5, 0.6) is 0 Å². The lowest BCUT2D eigenvalue weighted by Crippen LogP contribution is -2.20. The third-order valence-electron chi connectivity index (χ3n) is 2.77. The largest absolute Gasteiger partial charge is 0.289 e. The molecule has 1 aromatic heterocycles. The lowest BCUT2D eigenvalue weighted by Gasteiger charge is -2.16. The van der Waals surface area contributed by atoms with Crippen LogP contribution in [0.25, 0.3) is 0 Å². The van der Waals surface area contributed by atoms with Crippen LogP contribution in [0.3, 0.4) is 0 Å². The fourth-order valence-electron chi connectivity index (χ4n) is 1.67. The minimum absolute atomic E-state index is 0.0624. The Balaban J connectivity index is 2.73. The molecule has 0 saturated heterocycles. The van der Waals surface area contributed by atoms with Crippen LogP contribution in [0.2, 0.25) is 0 Å². The maximum Gasteiger partial charge on any atom is 0.191 e. The van der Waals surface area contributed by atoms with E-state index in [1.165, 1.54) is 6.20 Å². The minimum Gasteiger partial charge on any atom is -0.289 e. The van der Waals surface area contributed by atoms with E-state index in [0.29, 0.717) is 22.3 Å². The van der Waals surface area contributed by atoms with Gasteiger partial charge in [-0.25, -0.2) is 0 Å². The number of ketones is 2. The van der Waals surface area contributed by atoms with Crippen LogP contribution >= 0.6 is 0 Å². The molecule has 76 valence electrons. The number of hydrogen-bond acceptors (Lipinski definition) is 3. The van der Waals surface area contributed by atoms with Crippen molar-refractivity contribution in [1.29, 1.82) is 0 Å². The highest BCUT2D eigenvalue weighted by atomic mass is 16.1. The summed E-state index contributed by atoms with van der Waals surface area (Å²) in [5, 5.41) is 0. The number of Topliss-reactive ketones (excluding diaryl/α,β-unsaturated/α-hetero) is 2. The summed E-state index contributed by atoms with van der Waals surface area (Å²) in [5.74, 6) is -0.151. The number of hydrogen-bond donors (Lipinski definition) is 0. The van der Waals surface area contributed by atoms with Gasteiger partial charge in [-0.05, 0) is 26.8 Å². The first-order valence-electron chi connectivity index (χ1n) is 4.76. The van der Waals surface area contributed by atoms with E-state index >= 15 is 0 Å². The standard InChI is InChI=1S/C12H11NO2/c1-6-4-9-10(5-13-6)12(15)8(3)7(2)11(9)14/h4-5H,1-3H3. The molecule has 0 bridgehead atoms. The van der Waals surface area contributed by atoms with Crippen LogP contribution in [0, 0.1) is 6.92 Å². The van der Waals surface area contributed by atoms with Crippen molar-refractivity contribution in [3.63, 3.8) is 0 Å². The van der Waals surface area contributed by atoms with Crippen molar-refractivity contribution < 1.29 is 9.59 Å². The van der Waals surface area contributed by atoms with Crippen LogP contribution in [0.4, 0.5) is 0 Å². The van der Waals surface area contributed by atoms with E-state index in [1.807, 2.05) is 0 Å². The molecule has 0 amide bonds. The Bertz CT molecular complexity index is 512. The Labute approximate surface area is 87.8 Å². The molecule has 0 aliphatic heterocycles. The number of pyridine rings is 1. The summed E-state index contributed by atoms with van der Waals surface area (Å²) in [6.07, 6.45) is 1.49. The van der Waals surface area contributed by atoms with Gasteiger partial charge in [-0.2, -0.15) is 0 Å². The second-order valence-corrected chi connectivity index (χ2v) is 3.78. The summed E-state index contributed by atoms with van der Waals surface area (Å²) < 4.78 is 0. The van der Waals surface area contributed by atoms with Crippen molar-refractivity contribution in [3.8, 4) is 0 Å². The van der Waals surface area contributed by atoms with Gasteiger partial charge in [0.05, 0.1) is 5.56 Å². The molecule has 1 aromatic rings. The van der Waals surface area contributed by atoms with Crippen molar-refractivity contribution in [1.82, 2.24) is 4.98 Å². The maximum absolute atomic E-state index is 11.9. The quantitative estimate of drug-likeness (QED) is 0.645. The fraction of sp³-hybridized carbons (Fsp3) is 0.250. The minimum atomic E-state index is -0.0883. The van der Waals surface area contributed by atoms with Crippen LogP contribution in [0.1, 0.15) is 40.3 Å². The van der Waals surface area contributed by atoms with Crippen molar-refractivity contribution in [3.05, 3.63) is 40.2 Å². The van der Waals surface area contributed by atoms with Crippen LogP contribution in [0.15, 0.2) is 23.4 Å². The van der Waals surface area contributed by atoms with Gasteiger partial charge in [0.1, 0.15) is 0 Å². The Morgan fingerprint density at radius 3 is 2.07 bits per heavy atom. The van der Waals surface area contributed by atoms with E-state index < -0.39 is 0 Å². The Hall–Kier alpha value is -1.77. The number of rotatable bonds is 0. The molecule has 3 heteroatoms. The van der Waals surface area contributed by atoms with Gasteiger partial charge in [0, 0.05) is 28.6 Å². The van der Waals surface area contributed by atoms with Crippen molar-refractivity contribution in [2.45, 2.75) is 20.8 Å². The molecule has 0 spiro atoms. The summed E-state index contributed by atoms with van der Waals surface area (Å²) in [7, 11) is 0. The van der Waals surface area contributed by atoms with E-state index in [1.54, 1.807) is 26.8 Å². The molecule has 0 saturated carbocycles. The highest BCUT2D eigenvalue weighted by molar-refractivity contribution is 6.26. The Morgan fingerprint density at radius 2 is 1.47 bits per heavy atom. The van der Waals surface area contributed by atoms with Crippen LogP contribution in [-0.2, 0) is 0 Å². The van der Waals surface area contributed by atoms with E-state index in [2.05, 4.69) is 4.98 Å². The predicted molar refractivity (Wildman–Crippen MR) is 56.0 cm³/mol. The van der Waals surface area contributed by atoms with Crippen molar-refractivity contribution in [2.24, 2.45) is 0 Å². The normalized spacial score (nSPS) is 15.7. The molecular formula is C12H11NO2. The fourth-order valence-corrected chi connectivity index (χ4v) is 1.67. The summed E-state index contributed by atoms with van der Waals surface area (Å²) in [6, 6.07) is 1.67. The molecule has 0 N–H and O–H groups in total. The second kappa shape index (κ2) is 3.12. The summed E-state index contributed by atoms with van der Waals surface area (Å²) in [5.41, 5.74) is 2.72. The average Bonchev–Trinajstić information content (AvgIpc) is 2.23. The third-order valence-corrected chi connectivity index (χ3v) is 2.77. The van der Waals surface area contributed by atoms with E-state index in [-0.39, 0.29) is 11.6 Å². The van der Waals surface area contributed by atoms with Crippen LogP contribution < -0.4 is 0 Å². The van der Waals surface area contributed by atoms with E-state index in [0.717, 1.165) is 5.69 Å². The summed E-state index contributed by atoms with van der Waals surface area (Å²) in [6.45, 7) is 5.17. The van der Waals surface area contributed by atoms with Gasteiger partial charge in [-0.3, -0.25) is 14.6 Å². The molecule has 0 fully saturated rings. The molecule has 3 nitrogen and oxygen atoms in total. The lowest BCUT2D eigenvalue weighted by molar-refractivity contribution is 0.0974. The zero-order valence-corrected chi connectivity index (χ0v) is 8.92. The molecule has 0 unspecified atom stereocenters. The highest BCUT2D eigenvalue weighted by Gasteiger charge is 2.27. The van der Waals surface area contributed by atoms with Crippen LogP contribution in [-0.4, -0.2) is 16.6 Å². The van der Waals surface area contributed by atoms with Gasteiger partial charge >= 0.3 is 0 Å². The van der Waals surface area contributed by atoms with E-state index in [4.69, 9.17) is 0 Å². The van der Waals surface area contributed by atoms with Gasteiger partial charge in [0.2, 0.25) is 0 Å². The summed E-state index contributed by atoms with van der Waals surface area (Å²) in [4.78, 5) is 27.8. The monoisotopic (exact) mass is 201 g/mol. The number of aryl methyl sites for hydroxylation is 1. The Morgan fingerprint density at radius 1 is 0.933 bits per heavy atom. The zero-order valence-electron chi connectivity index (χ0n) is 8.92. The molecule has 15 heavy (non-hydrogen) atoms. The number of fused-ring (bicyclic) bond motifs is 1. The van der Waals surface area contributed by atoms with Crippen molar-refractivity contribution >= 4 is 11.6 Å². The predicted octanol–water partition coefficient (Wildman–Crippen LogP) is 2.11. The molecular weight excluding hydrogens is 190 g/mol. The zero-order chi connectivity index (χ0) is 11.2. The number of aromatic nitrogens is 1. The van der Waals surface area contributed by atoms with Gasteiger partial charge in [0.25, 0.3) is 0 Å². The van der Waals surface area contributed by atoms with Gasteiger partial charge in [0.15, 0.2) is 11.6 Å². The molecule has 1 aliphatic rings. The number of carbonyl (C=O) groups excluding carboxylic acids is 2.